The maximum absolute atomic E-state index is 12.8. The molecule has 0 atom stereocenters. The normalized spacial score (nSPS) is 11.3. The number of carbonyl (C=O) groups excluding carboxylic acids is 2. The number of aliphatic hydroxyl groups excluding tert-OH is 1. The Labute approximate surface area is 272 Å². The van der Waals surface area contributed by atoms with Gasteiger partial charge in [0.2, 0.25) is 5.91 Å². The Morgan fingerprint density at radius 1 is 1.02 bits per heavy atom. The Hall–Kier alpha value is -5.07. The molecule has 4 N–H and O–H groups in total. The van der Waals surface area contributed by atoms with Gasteiger partial charge >= 0.3 is 6.09 Å². The van der Waals surface area contributed by atoms with E-state index in [2.05, 4.69) is 35.4 Å². The molecule has 46 heavy (non-hydrogen) atoms. The van der Waals surface area contributed by atoms with Crippen LogP contribution in [0.25, 0.3) is 10.8 Å². The number of aromatic nitrogens is 1. The third-order valence-corrected chi connectivity index (χ3v) is 6.98. The van der Waals surface area contributed by atoms with Gasteiger partial charge in [-0.15, -0.1) is 12.8 Å². The van der Waals surface area contributed by atoms with Crippen molar-refractivity contribution >= 4 is 34.1 Å². The van der Waals surface area contributed by atoms with E-state index in [9.17, 15) is 14.4 Å². The molecule has 0 bridgehead atoms. The highest BCUT2D eigenvalue weighted by Crippen LogP contribution is 2.26. The maximum atomic E-state index is 12.8. The number of ether oxygens (including phenoxy) is 1. The Balaban J connectivity index is 0.000000722. The van der Waals surface area contributed by atoms with Crippen LogP contribution in [0.1, 0.15) is 43.4 Å². The molecule has 1 aromatic heterocycles. The minimum Gasteiger partial charge on any atom is -0.449 e. The molecule has 9 heteroatoms. The van der Waals surface area contributed by atoms with Gasteiger partial charge in [-0.1, -0.05) is 62.2 Å². The van der Waals surface area contributed by atoms with Crippen molar-refractivity contribution in [3.63, 3.8) is 0 Å². The molecule has 2 amide bonds. The summed E-state index contributed by atoms with van der Waals surface area (Å²) < 4.78 is 5.30. The first-order chi connectivity index (χ1) is 22.2. The van der Waals surface area contributed by atoms with Crippen molar-refractivity contribution < 1.29 is 19.4 Å². The van der Waals surface area contributed by atoms with E-state index in [1.54, 1.807) is 31.1 Å². The number of hydrogen-bond donors (Lipinski definition) is 4. The zero-order valence-corrected chi connectivity index (χ0v) is 27.2. The van der Waals surface area contributed by atoms with Crippen LogP contribution in [0.4, 0.5) is 16.2 Å². The molecular formula is C37H46N4O5. The number of carbonyl (C=O) groups is 2. The summed E-state index contributed by atoms with van der Waals surface area (Å²) >= 11 is 0. The molecule has 3 aromatic carbocycles. The van der Waals surface area contributed by atoms with E-state index in [-0.39, 0.29) is 31.2 Å². The van der Waals surface area contributed by atoms with Crippen LogP contribution >= 0.6 is 0 Å². The number of nitrogens with zero attached hydrogens (tertiary/aromatic N) is 1. The van der Waals surface area contributed by atoms with E-state index in [4.69, 9.17) is 9.84 Å². The predicted octanol–water partition coefficient (Wildman–Crippen LogP) is 6.36. The largest absolute Gasteiger partial charge is 0.449 e. The van der Waals surface area contributed by atoms with E-state index in [0.29, 0.717) is 29.7 Å². The Kier molecular flexibility index (Phi) is 16.2. The van der Waals surface area contributed by atoms with Crippen molar-refractivity contribution in [1.82, 2.24) is 9.88 Å². The fourth-order valence-electron chi connectivity index (χ4n) is 4.10. The Morgan fingerprint density at radius 2 is 1.67 bits per heavy atom. The highest BCUT2D eigenvalue weighted by molar-refractivity contribution is 5.87. The van der Waals surface area contributed by atoms with Crippen LogP contribution in [0.3, 0.4) is 0 Å². The molecule has 4 aromatic rings. The quantitative estimate of drug-likeness (QED) is 0.160. The first-order valence-electron chi connectivity index (χ1n) is 15.3. The lowest BCUT2D eigenvalue weighted by atomic mass is 10.1. The molecule has 0 saturated heterocycles. The number of aliphatic hydroxyl groups is 1. The summed E-state index contributed by atoms with van der Waals surface area (Å²) in [7, 11) is 1.73. The number of pyridine rings is 1. The van der Waals surface area contributed by atoms with Crippen LogP contribution in [0.2, 0.25) is 0 Å². The number of rotatable bonds is 9. The molecule has 1 aliphatic carbocycles. The molecule has 9 nitrogen and oxygen atoms in total. The highest BCUT2D eigenvalue weighted by atomic mass is 16.5. The molecule has 0 unspecified atom stereocenters. The lowest BCUT2D eigenvalue weighted by molar-refractivity contribution is -0.128. The number of terminal acetylenes is 1. The molecule has 1 fully saturated rings. The first kappa shape index (κ1) is 37.1. The molecule has 5 rings (SSSR count). The van der Waals surface area contributed by atoms with Gasteiger partial charge in [-0.3, -0.25) is 14.9 Å². The summed E-state index contributed by atoms with van der Waals surface area (Å²) in [5.41, 5.74) is 4.14. The fourth-order valence-corrected chi connectivity index (χ4v) is 4.10. The van der Waals surface area contributed by atoms with Gasteiger partial charge in [0.05, 0.1) is 13.2 Å². The van der Waals surface area contributed by atoms with Crippen LogP contribution in [0.5, 0.6) is 0 Å². The van der Waals surface area contributed by atoms with Crippen LogP contribution in [0, 0.1) is 25.7 Å². The number of benzene rings is 3. The summed E-state index contributed by atoms with van der Waals surface area (Å²) in [5, 5.41) is 14.8. The fraction of sp³-hybridized carbons (Fsp3) is 0.324. The second-order valence-electron chi connectivity index (χ2n) is 10.8. The van der Waals surface area contributed by atoms with Gasteiger partial charge in [-0.05, 0) is 72.2 Å². The average molecular weight is 627 g/mol. The van der Waals surface area contributed by atoms with Crippen LogP contribution in [-0.2, 0) is 22.5 Å². The smallest absolute Gasteiger partial charge is 0.411 e. The van der Waals surface area contributed by atoms with Crippen molar-refractivity contribution in [3.05, 3.63) is 106 Å². The van der Waals surface area contributed by atoms with E-state index in [1.807, 2.05) is 73.7 Å². The molecule has 1 heterocycles. The molecule has 0 aliphatic heterocycles. The zero-order chi connectivity index (χ0) is 33.9. The topological polar surface area (TPSA) is 124 Å². The van der Waals surface area contributed by atoms with E-state index < -0.39 is 6.09 Å². The van der Waals surface area contributed by atoms with Crippen molar-refractivity contribution in [3.8, 4) is 12.8 Å². The van der Waals surface area contributed by atoms with Crippen molar-refractivity contribution in [2.45, 2.75) is 46.6 Å². The number of amides is 2. The zero-order valence-electron chi connectivity index (χ0n) is 27.2. The number of anilines is 2. The standard InChI is InChI=1S/C29H30N4O4.C4H8.C2H6O.C2H2/c1-20-8-10-25(32-29(36)37-15-13-21-6-4-3-5-7-21)16-23(20)19-33(2)27(34)18-31-24-11-9-22-12-14-30-28(35)26(22)17-24;1-4-2-3-4;1-2-3;1-2/h3-12,14,16-17,31H,13,15,18-19H2,1-2H3,(H,30,35)(H,32,36);4H,2-3H2,1H3;3H,2H2,1H3;1-2H. The Bertz CT molecular complexity index is 1600. The Morgan fingerprint density at radius 3 is 2.33 bits per heavy atom. The highest BCUT2D eigenvalue weighted by Gasteiger charge is 2.13. The molecule has 0 radical (unpaired) electrons. The van der Waals surface area contributed by atoms with Gasteiger partial charge in [-0.25, -0.2) is 4.79 Å². The summed E-state index contributed by atoms with van der Waals surface area (Å²) in [5.74, 6) is 0.972. The monoisotopic (exact) mass is 626 g/mol. The number of likely N-dealkylation sites (N-methyl/N-ethyl adjacent to an activating group) is 1. The minimum atomic E-state index is -0.520. The molecule has 244 valence electrons. The third kappa shape index (κ3) is 13.3. The maximum Gasteiger partial charge on any atom is 0.411 e. The summed E-state index contributed by atoms with van der Waals surface area (Å²) in [6.45, 7) is 6.91. The van der Waals surface area contributed by atoms with Gasteiger partial charge in [-0.2, -0.15) is 0 Å². The van der Waals surface area contributed by atoms with Crippen molar-refractivity contribution in [2.24, 2.45) is 5.92 Å². The van der Waals surface area contributed by atoms with Crippen molar-refractivity contribution in [2.75, 3.05) is 37.4 Å². The number of aryl methyl sites for hydroxylation is 1. The number of aromatic amines is 1. The summed E-state index contributed by atoms with van der Waals surface area (Å²) in [6.07, 6.45) is 12.7. The van der Waals surface area contributed by atoms with E-state index in [0.717, 1.165) is 28.0 Å². The SMILES string of the molecule is C#C.CC1CC1.CCO.Cc1ccc(NC(=O)OCCc2ccccc2)cc1CN(C)C(=O)CNc1ccc2cc[nH]c(=O)c2c1. The second kappa shape index (κ2) is 20.1. The van der Waals surface area contributed by atoms with Gasteiger partial charge < -0.3 is 25.0 Å². The molecule has 1 saturated carbocycles. The molecule has 1 aliphatic rings. The van der Waals surface area contributed by atoms with Crippen molar-refractivity contribution in [1.29, 1.82) is 0 Å². The van der Waals surface area contributed by atoms with Crippen LogP contribution in [-0.4, -0.2) is 53.8 Å². The van der Waals surface area contributed by atoms with Gasteiger partial charge in [0, 0.05) is 49.6 Å². The lowest BCUT2D eigenvalue weighted by Crippen LogP contribution is -2.32. The third-order valence-electron chi connectivity index (χ3n) is 6.98. The summed E-state index contributed by atoms with van der Waals surface area (Å²) in [6, 6.07) is 22.6. The van der Waals surface area contributed by atoms with Crippen LogP contribution in [0.15, 0.2) is 83.8 Å². The lowest BCUT2D eigenvalue weighted by Gasteiger charge is -2.20. The van der Waals surface area contributed by atoms with E-state index in [1.165, 1.54) is 12.8 Å². The average Bonchev–Trinajstić information content (AvgIpc) is 3.85. The summed E-state index contributed by atoms with van der Waals surface area (Å²) in [4.78, 5) is 41.3. The number of fused-ring (bicyclic) bond motifs is 1. The predicted molar refractivity (Wildman–Crippen MR) is 187 cm³/mol. The minimum absolute atomic E-state index is 0.0808. The van der Waals surface area contributed by atoms with Gasteiger partial charge in [0.1, 0.15) is 0 Å². The second-order valence-corrected chi connectivity index (χ2v) is 10.8. The van der Waals surface area contributed by atoms with Crippen LogP contribution < -0.4 is 16.2 Å². The number of nitrogens with one attached hydrogen (secondary N) is 3. The van der Waals surface area contributed by atoms with Gasteiger partial charge in [0.15, 0.2) is 0 Å². The first-order valence-corrected chi connectivity index (χ1v) is 15.3. The number of hydrogen-bond acceptors (Lipinski definition) is 6. The number of H-pyrrole nitrogens is 1. The molecular weight excluding hydrogens is 580 g/mol. The molecule has 0 spiro atoms. The van der Waals surface area contributed by atoms with Gasteiger partial charge in [0.25, 0.3) is 5.56 Å². The van der Waals surface area contributed by atoms with E-state index >= 15 is 0 Å².